The quantitative estimate of drug-likeness (QED) is 0.564. The van der Waals surface area contributed by atoms with Crippen LogP contribution in [0.25, 0.3) is 0 Å². The van der Waals surface area contributed by atoms with Crippen LogP contribution in [0.5, 0.6) is 0 Å². The summed E-state index contributed by atoms with van der Waals surface area (Å²) in [6.07, 6.45) is 1.86. The number of thioether (sulfide) groups is 1. The Labute approximate surface area is 64.9 Å². The lowest BCUT2D eigenvalue weighted by Gasteiger charge is -1.98. The van der Waals surface area contributed by atoms with Crippen LogP contribution >= 0.6 is 11.8 Å². The number of rotatable bonds is 0. The molecule has 2 rings (SSSR count). The highest BCUT2D eigenvalue weighted by Crippen LogP contribution is 2.36. The molecule has 1 atom stereocenters. The molecule has 0 spiro atoms. The molecule has 2 heteroatoms. The molecule has 1 aromatic rings. The van der Waals surface area contributed by atoms with Gasteiger partial charge in [0.1, 0.15) is 0 Å². The molecule has 0 bridgehead atoms. The van der Waals surface area contributed by atoms with Crippen LogP contribution in [0.2, 0.25) is 0 Å². The fourth-order valence-corrected chi connectivity index (χ4v) is 2.35. The summed E-state index contributed by atoms with van der Waals surface area (Å²) in [5, 5.41) is 1.23. The molecule has 0 radical (unpaired) electrons. The SMILES string of the molecule is C[C@H]1CSc2ncccc21. The van der Waals surface area contributed by atoms with Crippen LogP contribution in [0.15, 0.2) is 23.4 Å². The molecule has 0 fully saturated rings. The monoisotopic (exact) mass is 151 g/mol. The van der Waals surface area contributed by atoms with Crippen molar-refractivity contribution in [3.63, 3.8) is 0 Å². The normalized spacial score (nSPS) is 22.7. The van der Waals surface area contributed by atoms with Gasteiger partial charge in [-0.1, -0.05) is 13.0 Å². The average molecular weight is 151 g/mol. The first-order valence-corrected chi connectivity index (χ1v) is 4.44. The Morgan fingerprint density at radius 2 is 2.60 bits per heavy atom. The largest absolute Gasteiger partial charge is 0.250 e. The maximum atomic E-state index is 4.27. The van der Waals surface area contributed by atoms with Gasteiger partial charge < -0.3 is 0 Å². The van der Waals surface area contributed by atoms with Crippen molar-refractivity contribution in [2.75, 3.05) is 5.75 Å². The predicted octanol–water partition coefficient (Wildman–Crippen LogP) is 2.29. The zero-order valence-corrected chi connectivity index (χ0v) is 6.69. The molecule has 0 saturated carbocycles. The van der Waals surface area contributed by atoms with Gasteiger partial charge in [0.25, 0.3) is 0 Å². The van der Waals surface area contributed by atoms with Gasteiger partial charge in [0, 0.05) is 11.9 Å². The molecule has 1 aromatic heterocycles. The van der Waals surface area contributed by atoms with Crippen LogP contribution in [-0.4, -0.2) is 10.7 Å². The van der Waals surface area contributed by atoms with Gasteiger partial charge in [-0.2, -0.15) is 0 Å². The Balaban J connectivity index is 2.51. The smallest absolute Gasteiger partial charge is 0.0995 e. The second kappa shape index (κ2) is 2.27. The summed E-state index contributed by atoms with van der Waals surface area (Å²) >= 11 is 1.86. The maximum absolute atomic E-state index is 4.27. The van der Waals surface area contributed by atoms with Gasteiger partial charge in [0.05, 0.1) is 5.03 Å². The van der Waals surface area contributed by atoms with E-state index >= 15 is 0 Å². The highest BCUT2D eigenvalue weighted by atomic mass is 32.2. The fraction of sp³-hybridized carbons (Fsp3) is 0.375. The van der Waals surface area contributed by atoms with E-state index in [0.29, 0.717) is 5.92 Å². The van der Waals surface area contributed by atoms with Crippen molar-refractivity contribution in [2.45, 2.75) is 17.9 Å². The van der Waals surface area contributed by atoms with Crippen LogP contribution in [0, 0.1) is 0 Å². The Hall–Kier alpha value is -0.500. The summed E-state index contributed by atoms with van der Waals surface area (Å²) in [6.45, 7) is 2.25. The Morgan fingerprint density at radius 1 is 1.70 bits per heavy atom. The molecule has 0 N–H and O–H groups in total. The highest BCUT2D eigenvalue weighted by molar-refractivity contribution is 7.99. The number of nitrogens with zero attached hydrogens (tertiary/aromatic N) is 1. The number of aromatic nitrogens is 1. The van der Waals surface area contributed by atoms with E-state index in [2.05, 4.69) is 18.0 Å². The zero-order valence-electron chi connectivity index (χ0n) is 5.87. The minimum absolute atomic E-state index is 0.702. The standard InChI is InChI=1S/C8H9NS/c1-6-5-10-8-7(6)3-2-4-9-8/h2-4,6H,5H2,1H3/t6-/m0/s1. The molecule has 10 heavy (non-hydrogen) atoms. The molecule has 1 nitrogen and oxygen atoms in total. The Morgan fingerprint density at radius 3 is 3.40 bits per heavy atom. The van der Waals surface area contributed by atoms with Crippen molar-refractivity contribution in [3.05, 3.63) is 23.9 Å². The molecular formula is C8H9NS. The van der Waals surface area contributed by atoms with Gasteiger partial charge in [-0.15, -0.1) is 11.8 Å². The lowest BCUT2D eigenvalue weighted by Crippen LogP contribution is -1.88. The van der Waals surface area contributed by atoms with Crippen molar-refractivity contribution in [2.24, 2.45) is 0 Å². The van der Waals surface area contributed by atoms with Crippen LogP contribution in [0.1, 0.15) is 18.4 Å². The van der Waals surface area contributed by atoms with Gasteiger partial charge in [0.15, 0.2) is 0 Å². The van der Waals surface area contributed by atoms with Crippen molar-refractivity contribution < 1.29 is 0 Å². The minimum atomic E-state index is 0.702. The minimum Gasteiger partial charge on any atom is -0.250 e. The van der Waals surface area contributed by atoms with E-state index in [0.717, 1.165) is 0 Å². The van der Waals surface area contributed by atoms with Crippen LogP contribution < -0.4 is 0 Å². The first-order chi connectivity index (χ1) is 4.88. The first kappa shape index (κ1) is 6.23. The summed E-state index contributed by atoms with van der Waals surface area (Å²) in [4.78, 5) is 4.27. The second-order valence-electron chi connectivity index (χ2n) is 2.61. The van der Waals surface area contributed by atoms with Crippen molar-refractivity contribution in [3.8, 4) is 0 Å². The Bertz CT molecular complexity index is 247. The van der Waals surface area contributed by atoms with Crippen LogP contribution in [-0.2, 0) is 0 Å². The third kappa shape index (κ3) is 0.833. The topological polar surface area (TPSA) is 12.9 Å². The summed E-state index contributed by atoms with van der Waals surface area (Å²) < 4.78 is 0. The fourth-order valence-electron chi connectivity index (χ4n) is 1.19. The van der Waals surface area contributed by atoms with E-state index in [-0.39, 0.29) is 0 Å². The molecule has 0 aliphatic carbocycles. The Kier molecular flexibility index (Phi) is 1.42. The number of hydrogen-bond donors (Lipinski definition) is 0. The summed E-state index contributed by atoms with van der Waals surface area (Å²) in [5.41, 5.74) is 1.42. The van der Waals surface area contributed by atoms with Gasteiger partial charge in [-0.25, -0.2) is 4.98 Å². The predicted molar refractivity (Wildman–Crippen MR) is 43.4 cm³/mol. The lowest BCUT2D eigenvalue weighted by molar-refractivity contribution is 0.863. The van der Waals surface area contributed by atoms with Crippen molar-refractivity contribution >= 4 is 11.8 Å². The average Bonchev–Trinajstić information content (AvgIpc) is 2.34. The van der Waals surface area contributed by atoms with Gasteiger partial charge in [-0.05, 0) is 17.5 Å². The number of hydrogen-bond acceptors (Lipinski definition) is 2. The van der Waals surface area contributed by atoms with Gasteiger partial charge >= 0.3 is 0 Å². The van der Waals surface area contributed by atoms with E-state index in [1.165, 1.54) is 16.3 Å². The second-order valence-corrected chi connectivity index (χ2v) is 3.62. The third-order valence-corrected chi connectivity index (χ3v) is 3.08. The zero-order chi connectivity index (χ0) is 6.97. The molecule has 0 saturated heterocycles. The van der Waals surface area contributed by atoms with Crippen LogP contribution in [0.3, 0.4) is 0 Å². The van der Waals surface area contributed by atoms with E-state index < -0.39 is 0 Å². The molecule has 1 aliphatic rings. The molecular weight excluding hydrogens is 142 g/mol. The highest BCUT2D eigenvalue weighted by Gasteiger charge is 2.18. The first-order valence-electron chi connectivity index (χ1n) is 3.45. The lowest BCUT2D eigenvalue weighted by atomic mass is 10.1. The van der Waals surface area contributed by atoms with E-state index in [1.807, 2.05) is 24.0 Å². The third-order valence-electron chi connectivity index (χ3n) is 1.80. The van der Waals surface area contributed by atoms with Crippen molar-refractivity contribution in [1.29, 1.82) is 0 Å². The van der Waals surface area contributed by atoms with Crippen LogP contribution in [0.4, 0.5) is 0 Å². The van der Waals surface area contributed by atoms with Crippen molar-refractivity contribution in [1.82, 2.24) is 4.98 Å². The summed E-state index contributed by atoms with van der Waals surface area (Å²) in [6, 6.07) is 4.19. The van der Waals surface area contributed by atoms with Gasteiger partial charge in [-0.3, -0.25) is 0 Å². The molecule has 52 valence electrons. The van der Waals surface area contributed by atoms with E-state index in [9.17, 15) is 0 Å². The summed E-state index contributed by atoms with van der Waals surface area (Å²) in [7, 11) is 0. The maximum Gasteiger partial charge on any atom is 0.0995 e. The molecule has 1 aliphatic heterocycles. The molecule has 0 aromatic carbocycles. The molecule has 0 amide bonds. The van der Waals surface area contributed by atoms with Gasteiger partial charge in [0.2, 0.25) is 0 Å². The number of pyridine rings is 1. The summed E-state index contributed by atoms with van der Waals surface area (Å²) in [5.74, 6) is 1.90. The van der Waals surface area contributed by atoms with E-state index in [1.54, 1.807) is 0 Å². The number of fused-ring (bicyclic) bond motifs is 1. The molecule has 2 heterocycles. The van der Waals surface area contributed by atoms with E-state index in [4.69, 9.17) is 0 Å². The molecule has 0 unspecified atom stereocenters.